The Bertz CT molecular complexity index is 220. The van der Waals surface area contributed by atoms with Crippen molar-refractivity contribution in [1.82, 2.24) is 0 Å². The van der Waals surface area contributed by atoms with Gasteiger partial charge in [-0.15, -0.1) is 0 Å². The van der Waals surface area contributed by atoms with Crippen molar-refractivity contribution in [1.29, 1.82) is 0 Å². The summed E-state index contributed by atoms with van der Waals surface area (Å²) in [4.78, 5) is 0. The summed E-state index contributed by atoms with van der Waals surface area (Å²) in [5, 5.41) is 0. The van der Waals surface area contributed by atoms with Crippen molar-refractivity contribution in [2.45, 2.75) is 92.4 Å². The molecule has 0 amide bonds. The average molecular weight is 267 g/mol. The van der Waals surface area contributed by atoms with Crippen LogP contribution in [0.1, 0.15) is 92.4 Å². The molecule has 5 atom stereocenters. The fraction of sp³-hybridized carbons (Fsp3) is 1.00. The van der Waals surface area contributed by atoms with Gasteiger partial charge in [0.2, 0.25) is 0 Å². The Balaban J connectivity index is 2.36. The number of rotatable bonds is 9. The molecule has 114 valence electrons. The monoisotopic (exact) mass is 266 g/mol. The topological polar surface area (TPSA) is 0 Å². The van der Waals surface area contributed by atoms with Gasteiger partial charge in [-0.2, -0.15) is 0 Å². The van der Waals surface area contributed by atoms with E-state index in [0.29, 0.717) is 0 Å². The second-order valence-electron chi connectivity index (χ2n) is 7.38. The zero-order valence-electron chi connectivity index (χ0n) is 14.3. The molecule has 0 spiro atoms. The third-order valence-electron chi connectivity index (χ3n) is 5.76. The molecule has 5 unspecified atom stereocenters. The van der Waals surface area contributed by atoms with Gasteiger partial charge >= 0.3 is 0 Å². The molecule has 19 heavy (non-hydrogen) atoms. The average Bonchev–Trinajstić information content (AvgIpc) is 2.86. The van der Waals surface area contributed by atoms with Crippen molar-refractivity contribution in [3.63, 3.8) is 0 Å². The first-order valence-corrected chi connectivity index (χ1v) is 9.12. The Morgan fingerprint density at radius 3 is 2.32 bits per heavy atom. The lowest BCUT2D eigenvalue weighted by Crippen LogP contribution is -2.19. The molecule has 1 fully saturated rings. The third kappa shape index (κ3) is 5.48. The van der Waals surface area contributed by atoms with E-state index in [4.69, 9.17) is 0 Å². The van der Waals surface area contributed by atoms with Crippen LogP contribution in [0.2, 0.25) is 0 Å². The largest absolute Gasteiger partial charge is 0.0654 e. The van der Waals surface area contributed by atoms with Crippen molar-refractivity contribution < 1.29 is 0 Å². The van der Waals surface area contributed by atoms with E-state index in [2.05, 4.69) is 34.6 Å². The zero-order valence-corrected chi connectivity index (χ0v) is 14.3. The van der Waals surface area contributed by atoms with Crippen LogP contribution in [0.25, 0.3) is 0 Å². The lowest BCUT2D eigenvalue weighted by Gasteiger charge is -2.29. The molecular weight excluding hydrogens is 228 g/mol. The minimum atomic E-state index is 0.935. The van der Waals surface area contributed by atoms with E-state index in [0.717, 1.165) is 29.6 Å². The Morgan fingerprint density at radius 1 is 1.00 bits per heavy atom. The Labute approximate surface area is 122 Å². The molecule has 0 aliphatic heterocycles. The van der Waals surface area contributed by atoms with E-state index in [-0.39, 0.29) is 0 Å². The highest BCUT2D eigenvalue weighted by molar-refractivity contribution is 4.81. The van der Waals surface area contributed by atoms with Crippen molar-refractivity contribution in [2.75, 3.05) is 0 Å². The molecule has 0 saturated heterocycles. The zero-order chi connectivity index (χ0) is 14.3. The van der Waals surface area contributed by atoms with Crippen LogP contribution in [0.3, 0.4) is 0 Å². The van der Waals surface area contributed by atoms with Gasteiger partial charge in [0.05, 0.1) is 0 Å². The minimum Gasteiger partial charge on any atom is -0.0654 e. The maximum atomic E-state index is 2.54. The molecule has 1 aliphatic rings. The van der Waals surface area contributed by atoms with Crippen LogP contribution in [0.15, 0.2) is 0 Å². The normalized spacial score (nSPS) is 28.3. The van der Waals surface area contributed by atoms with Crippen molar-refractivity contribution in [2.24, 2.45) is 29.6 Å². The summed E-state index contributed by atoms with van der Waals surface area (Å²) in [6, 6.07) is 0. The first-order valence-electron chi connectivity index (χ1n) is 9.12. The maximum absolute atomic E-state index is 2.54. The van der Waals surface area contributed by atoms with Gasteiger partial charge in [0, 0.05) is 0 Å². The molecule has 1 saturated carbocycles. The molecule has 0 aromatic heterocycles. The molecule has 0 aromatic rings. The maximum Gasteiger partial charge on any atom is -0.0360 e. The van der Waals surface area contributed by atoms with Gasteiger partial charge in [0.1, 0.15) is 0 Å². The van der Waals surface area contributed by atoms with Gasteiger partial charge in [0.25, 0.3) is 0 Å². The van der Waals surface area contributed by atoms with Crippen LogP contribution in [-0.4, -0.2) is 0 Å². The fourth-order valence-electron chi connectivity index (χ4n) is 4.69. The first-order chi connectivity index (χ1) is 9.12. The van der Waals surface area contributed by atoms with Gasteiger partial charge in [-0.25, -0.2) is 0 Å². The predicted octanol–water partition coefficient (Wildman–Crippen LogP) is 6.69. The molecule has 0 nitrogen and oxygen atoms in total. The Morgan fingerprint density at radius 2 is 1.74 bits per heavy atom. The van der Waals surface area contributed by atoms with E-state index in [1.165, 1.54) is 57.8 Å². The van der Waals surface area contributed by atoms with E-state index >= 15 is 0 Å². The van der Waals surface area contributed by atoms with E-state index < -0.39 is 0 Å². The summed E-state index contributed by atoms with van der Waals surface area (Å²) < 4.78 is 0. The van der Waals surface area contributed by atoms with E-state index in [1.807, 2.05) is 0 Å². The van der Waals surface area contributed by atoms with E-state index in [9.17, 15) is 0 Å². The van der Waals surface area contributed by atoms with Gasteiger partial charge in [0.15, 0.2) is 0 Å². The molecule has 0 heterocycles. The Kier molecular flexibility index (Phi) is 8.11. The summed E-state index contributed by atoms with van der Waals surface area (Å²) in [5.41, 5.74) is 0. The summed E-state index contributed by atoms with van der Waals surface area (Å²) in [7, 11) is 0. The number of hydrogen-bond acceptors (Lipinski definition) is 0. The second-order valence-corrected chi connectivity index (χ2v) is 7.38. The molecule has 1 rings (SSSR count). The lowest BCUT2D eigenvalue weighted by molar-refractivity contribution is 0.217. The van der Waals surface area contributed by atoms with Gasteiger partial charge in [-0.05, 0) is 48.9 Å². The minimum absolute atomic E-state index is 0.935. The SMILES string of the molecule is CCCC(CC)CC(C)CC(C)C1CCCC1CC. The quantitative estimate of drug-likeness (QED) is 0.436. The highest BCUT2D eigenvalue weighted by atomic mass is 14.4. The smallest absolute Gasteiger partial charge is 0.0360 e. The van der Waals surface area contributed by atoms with Gasteiger partial charge in [-0.1, -0.05) is 73.1 Å². The highest BCUT2D eigenvalue weighted by Gasteiger charge is 2.30. The van der Waals surface area contributed by atoms with E-state index in [1.54, 1.807) is 0 Å². The molecule has 0 N–H and O–H groups in total. The molecule has 0 bridgehead atoms. The van der Waals surface area contributed by atoms with Crippen LogP contribution < -0.4 is 0 Å². The van der Waals surface area contributed by atoms with Crippen LogP contribution in [0, 0.1) is 29.6 Å². The molecular formula is C19H38. The summed E-state index contributed by atoms with van der Waals surface area (Å²) in [5.74, 6) is 4.96. The summed E-state index contributed by atoms with van der Waals surface area (Å²) in [6.45, 7) is 12.1. The summed E-state index contributed by atoms with van der Waals surface area (Å²) >= 11 is 0. The van der Waals surface area contributed by atoms with Gasteiger partial charge in [-0.3, -0.25) is 0 Å². The van der Waals surface area contributed by atoms with Crippen molar-refractivity contribution in [3.05, 3.63) is 0 Å². The molecule has 0 aromatic carbocycles. The van der Waals surface area contributed by atoms with Crippen molar-refractivity contribution in [3.8, 4) is 0 Å². The molecule has 1 aliphatic carbocycles. The van der Waals surface area contributed by atoms with Crippen LogP contribution in [-0.2, 0) is 0 Å². The van der Waals surface area contributed by atoms with Crippen LogP contribution in [0.5, 0.6) is 0 Å². The van der Waals surface area contributed by atoms with Crippen molar-refractivity contribution >= 4 is 0 Å². The van der Waals surface area contributed by atoms with Gasteiger partial charge < -0.3 is 0 Å². The summed E-state index contributed by atoms with van der Waals surface area (Å²) in [6.07, 6.45) is 13.1. The molecule has 0 heteroatoms. The number of hydrogen-bond donors (Lipinski definition) is 0. The highest BCUT2D eigenvalue weighted by Crippen LogP contribution is 2.41. The standard InChI is InChI=1S/C19H38/c1-6-10-17(7-2)14-15(4)13-16(5)19-12-9-11-18(19)8-3/h15-19H,6-14H2,1-5H3. The lowest BCUT2D eigenvalue weighted by atomic mass is 9.77. The second kappa shape index (κ2) is 9.03. The third-order valence-corrected chi connectivity index (χ3v) is 5.76. The van der Waals surface area contributed by atoms with Crippen LogP contribution in [0.4, 0.5) is 0 Å². The molecule has 0 radical (unpaired) electrons. The Hall–Kier alpha value is 0. The predicted molar refractivity (Wildman–Crippen MR) is 87.4 cm³/mol. The van der Waals surface area contributed by atoms with Crippen LogP contribution >= 0.6 is 0 Å². The fourth-order valence-corrected chi connectivity index (χ4v) is 4.69. The first kappa shape index (κ1) is 17.1.